The molecule has 2 N–H and O–H groups in total. The Morgan fingerprint density at radius 2 is 1.81 bits per heavy atom. The van der Waals surface area contributed by atoms with Crippen molar-refractivity contribution in [3.63, 3.8) is 0 Å². The topological polar surface area (TPSA) is 95.6 Å². The summed E-state index contributed by atoms with van der Waals surface area (Å²) in [6.45, 7) is 0.807. The van der Waals surface area contributed by atoms with E-state index in [0.717, 1.165) is 11.3 Å². The molecule has 1 aromatic heterocycles. The van der Waals surface area contributed by atoms with Crippen LogP contribution < -0.4 is 10.6 Å². The molecule has 0 radical (unpaired) electrons. The SMILES string of the molecule is O=C(NCc1cccs1)C(=O)NCC1CCCN1S(=O)(=O)c1ccccc1. The van der Waals surface area contributed by atoms with E-state index in [1.807, 2.05) is 17.5 Å². The summed E-state index contributed by atoms with van der Waals surface area (Å²) in [6, 6.07) is 11.6. The number of benzene rings is 1. The molecule has 0 spiro atoms. The molecule has 1 fully saturated rings. The minimum atomic E-state index is -3.61. The normalized spacial score (nSPS) is 17.6. The molecule has 2 amide bonds. The first kappa shape index (κ1) is 19.5. The van der Waals surface area contributed by atoms with E-state index < -0.39 is 21.8 Å². The van der Waals surface area contributed by atoms with Crippen molar-refractivity contribution in [3.8, 4) is 0 Å². The van der Waals surface area contributed by atoms with Gasteiger partial charge in [-0.05, 0) is 36.4 Å². The molecule has 0 saturated carbocycles. The predicted octanol–water partition coefficient (Wildman–Crippen LogP) is 1.33. The Morgan fingerprint density at radius 3 is 2.52 bits per heavy atom. The summed E-state index contributed by atoms with van der Waals surface area (Å²) in [4.78, 5) is 25.1. The van der Waals surface area contributed by atoms with Gasteiger partial charge in [-0.3, -0.25) is 9.59 Å². The molecule has 1 aliphatic heterocycles. The summed E-state index contributed by atoms with van der Waals surface area (Å²) in [5.74, 6) is -1.48. The second-order valence-corrected chi connectivity index (χ2v) is 9.12. The number of amides is 2. The molecule has 1 atom stereocenters. The Morgan fingerprint density at radius 1 is 1.07 bits per heavy atom. The van der Waals surface area contributed by atoms with Crippen LogP contribution in [0.5, 0.6) is 0 Å². The van der Waals surface area contributed by atoms with E-state index in [1.165, 1.54) is 15.6 Å². The molecule has 27 heavy (non-hydrogen) atoms. The van der Waals surface area contributed by atoms with Gasteiger partial charge in [-0.25, -0.2) is 8.42 Å². The molecule has 1 unspecified atom stereocenters. The number of hydrogen-bond acceptors (Lipinski definition) is 5. The standard InChI is InChI=1S/C18H21N3O4S2/c22-17(18(23)20-13-15-7-5-11-26-15)19-12-14-6-4-10-21(14)27(24,25)16-8-2-1-3-9-16/h1-3,5,7-9,11,14H,4,6,10,12-13H2,(H,19,22)(H,20,23). The van der Waals surface area contributed by atoms with E-state index in [4.69, 9.17) is 0 Å². The van der Waals surface area contributed by atoms with Gasteiger partial charge in [0.25, 0.3) is 0 Å². The first-order valence-electron chi connectivity index (χ1n) is 8.64. The maximum absolute atomic E-state index is 12.8. The first-order chi connectivity index (χ1) is 13.0. The van der Waals surface area contributed by atoms with Crippen LogP contribution in [0.15, 0.2) is 52.7 Å². The molecule has 0 aliphatic carbocycles. The molecule has 1 aromatic carbocycles. The number of carbonyl (C=O) groups is 2. The molecule has 9 heteroatoms. The fraction of sp³-hybridized carbons (Fsp3) is 0.333. The smallest absolute Gasteiger partial charge is 0.309 e. The zero-order valence-corrected chi connectivity index (χ0v) is 16.3. The van der Waals surface area contributed by atoms with Crippen LogP contribution in [0.2, 0.25) is 0 Å². The maximum Gasteiger partial charge on any atom is 0.309 e. The van der Waals surface area contributed by atoms with Crippen LogP contribution in [0.4, 0.5) is 0 Å². The summed E-state index contributed by atoms with van der Waals surface area (Å²) in [7, 11) is -3.61. The highest BCUT2D eigenvalue weighted by molar-refractivity contribution is 7.89. The lowest BCUT2D eigenvalue weighted by atomic mass is 10.2. The average Bonchev–Trinajstić information content (AvgIpc) is 3.36. The number of nitrogens with one attached hydrogen (secondary N) is 2. The summed E-state index contributed by atoms with van der Waals surface area (Å²) in [5.41, 5.74) is 0. The summed E-state index contributed by atoms with van der Waals surface area (Å²) in [5, 5.41) is 7.00. The van der Waals surface area contributed by atoms with Gasteiger partial charge in [-0.15, -0.1) is 11.3 Å². The van der Waals surface area contributed by atoms with E-state index in [0.29, 0.717) is 19.5 Å². The van der Waals surface area contributed by atoms with Crippen molar-refractivity contribution in [2.45, 2.75) is 30.3 Å². The summed E-state index contributed by atoms with van der Waals surface area (Å²) >= 11 is 1.49. The lowest BCUT2D eigenvalue weighted by molar-refractivity contribution is -0.139. The van der Waals surface area contributed by atoms with Crippen molar-refractivity contribution in [1.82, 2.24) is 14.9 Å². The number of sulfonamides is 1. The van der Waals surface area contributed by atoms with Crippen LogP contribution in [0, 0.1) is 0 Å². The third kappa shape index (κ3) is 4.74. The van der Waals surface area contributed by atoms with Crippen molar-refractivity contribution in [3.05, 3.63) is 52.7 Å². The van der Waals surface area contributed by atoms with Crippen molar-refractivity contribution in [2.75, 3.05) is 13.1 Å². The van der Waals surface area contributed by atoms with Crippen molar-refractivity contribution in [1.29, 1.82) is 0 Å². The van der Waals surface area contributed by atoms with Crippen molar-refractivity contribution >= 4 is 33.2 Å². The van der Waals surface area contributed by atoms with Gasteiger partial charge < -0.3 is 10.6 Å². The molecule has 2 aromatic rings. The number of nitrogens with zero attached hydrogens (tertiary/aromatic N) is 1. The Balaban J connectivity index is 1.55. The van der Waals surface area contributed by atoms with Gasteiger partial charge in [0.1, 0.15) is 0 Å². The molecular formula is C18H21N3O4S2. The van der Waals surface area contributed by atoms with Gasteiger partial charge in [-0.1, -0.05) is 24.3 Å². The second kappa shape index (κ2) is 8.64. The minimum absolute atomic E-state index is 0.108. The summed E-state index contributed by atoms with van der Waals surface area (Å²) in [6.07, 6.45) is 1.36. The van der Waals surface area contributed by atoms with E-state index >= 15 is 0 Å². The Bertz CT molecular complexity index is 883. The lowest BCUT2D eigenvalue weighted by Crippen LogP contribution is -2.46. The quantitative estimate of drug-likeness (QED) is 0.707. The van der Waals surface area contributed by atoms with Gasteiger partial charge in [0, 0.05) is 24.0 Å². The highest BCUT2D eigenvalue weighted by Crippen LogP contribution is 2.25. The van der Waals surface area contributed by atoms with Crippen LogP contribution in [0.3, 0.4) is 0 Å². The van der Waals surface area contributed by atoms with Gasteiger partial charge in [0.2, 0.25) is 10.0 Å². The first-order valence-corrected chi connectivity index (χ1v) is 11.0. The highest BCUT2D eigenvalue weighted by atomic mass is 32.2. The minimum Gasteiger partial charge on any atom is -0.346 e. The third-order valence-electron chi connectivity index (χ3n) is 4.38. The van der Waals surface area contributed by atoms with Crippen LogP contribution in [-0.2, 0) is 26.2 Å². The van der Waals surface area contributed by atoms with E-state index in [2.05, 4.69) is 10.6 Å². The zero-order chi connectivity index (χ0) is 19.3. The van der Waals surface area contributed by atoms with Crippen molar-refractivity contribution in [2.24, 2.45) is 0 Å². The van der Waals surface area contributed by atoms with Crippen LogP contribution in [-0.4, -0.2) is 43.7 Å². The molecular weight excluding hydrogens is 386 g/mol. The van der Waals surface area contributed by atoms with E-state index in [9.17, 15) is 18.0 Å². The van der Waals surface area contributed by atoms with Gasteiger partial charge in [0.05, 0.1) is 11.4 Å². The summed E-state index contributed by atoms with van der Waals surface area (Å²) < 4.78 is 27.0. The molecule has 1 aliphatic rings. The molecule has 1 saturated heterocycles. The molecule has 144 valence electrons. The monoisotopic (exact) mass is 407 g/mol. The molecule has 2 heterocycles. The predicted molar refractivity (Wildman–Crippen MR) is 103 cm³/mol. The molecule has 0 bridgehead atoms. The van der Waals surface area contributed by atoms with Crippen LogP contribution >= 0.6 is 11.3 Å². The Labute approximate surface area is 162 Å². The van der Waals surface area contributed by atoms with Crippen molar-refractivity contribution < 1.29 is 18.0 Å². The van der Waals surface area contributed by atoms with Gasteiger partial charge in [0.15, 0.2) is 0 Å². The fourth-order valence-electron chi connectivity index (χ4n) is 3.01. The zero-order valence-electron chi connectivity index (χ0n) is 14.6. The second-order valence-electron chi connectivity index (χ2n) is 6.20. The van der Waals surface area contributed by atoms with Crippen LogP contribution in [0.1, 0.15) is 17.7 Å². The largest absolute Gasteiger partial charge is 0.346 e. The number of carbonyl (C=O) groups excluding carboxylic acids is 2. The van der Waals surface area contributed by atoms with Crippen LogP contribution in [0.25, 0.3) is 0 Å². The Hall–Kier alpha value is -2.23. The fourth-order valence-corrected chi connectivity index (χ4v) is 5.37. The number of rotatable bonds is 6. The Kier molecular flexibility index (Phi) is 6.25. The van der Waals surface area contributed by atoms with E-state index in [1.54, 1.807) is 30.3 Å². The average molecular weight is 408 g/mol. The number of thiophene rings is 1. The number of hydrogen-bond donors (Lipinski definition) is 2. The molecule has 3 rings (SSSR count). The van der Waals surface area contributed by atoms with Gasteiger partial charge >= 0.3 is 11.8 Å². The van der Waals surface area contributed by atoms with Gasteiger partial charge in [-0.2, -0.15) is 4.31 Å². The highest BCUT2D eigenvalue weighted by Gasteiger charge is 2.35. The molecule has 7 nitrogen and oxygen atoms in total. The van der Waals surface area contributed by atoms with E-state index in [-0.39, 0.29) is 17.5 Å². The third-order valence-corrected chi connectivity index (χ3v) is 7.22. The maximum atomic E-state index is 12.8. The lowest BCUT2D eigenvalue weighted by Gasteiger charge is -2.24.